The SMILES string of the molecule is CC1=CC=CC=CC1C(=O)Nc1ccc(C)cc1. The van der Waals surface area contributed by atoms with Gasteiger partial charge in [0.05, 0.1) is 5.92 Å². The number of nitrogens with one attached hydrogen (secondary N) is 1. The number of rotatable bonds is 2. The van der Waals surface area contributed by atoms with Gasteiger partial charge in [-0.25, -0.2) is 0 Å². The maximum Gasteiger partial charge on any atom is 0.235 e. The van der Waals surface area contributed by atoms with Crippen molar-refractivity contribution < 1.29 is 4.79 Å². The predicted molar refractivity (Wildman–Crippen MR) is 75.3 cm³/mol. The molecule has 1 aliphatic rings. The average molecular weight is 239 g/mol. The van der Waals surface area contributed by atoms with Gasteiger partial charge in [-0.1, -0.05) is 53.6 Å². The Morgan fingerprint density at radius 3 is 2.50 bits per heavy atom. The first kappa shape index (κ1) is 12.4. The number of hydrogen-bond acceptors (Lipinski definition) is 1. The first-order valence-corrected chi connectivity index (χ1v) is 6.06. The van der Waals surface area contributed by atoms with Crippen LogP contribution in [-0.4, -0.2) is 5.91 Å². The van der Waals surface area contributed by atoms with Gasteiger partial charge in [0.15, 0.2) is 0 Å². The van der Waals surface area contributed by atoms with Crippen LogP contribution >= 0.6 is 0 Å². The third kappa shape index (κ3) is 2.98. The molecule has 0 aliphatic heterocycles. The Labute approximate surface area is 108 Å². The molecule has 0 bridgehead atoms. The molecule has 0 aromatic heterocycles. The molecule has 2 nitrogen and oxygen atoms in total. The highest BCUT2D eigenvalue weighted by atomic mass is 16.1. The van der Waals surface area contributed by atoms with Crippen LogP contribution < -0.4 is 5.32 Å². The second kappa shape index (κ2) is 5.50. The highest BCUT2D eigenvalue weighted by Gasteiger charge is 2.17. The number of allylic oxidation sites excluding steroid dienone is 4. The van der Waals surface area contributed by atoms with Gasteiger partial charge in [0.2, 0.25) is 5.91 Å². The number of anilines is 1. The summed E-state index contributed by atoms with van der Waals surface area (Å²) in [4.78, 5) is 12.2. The molecule has 92 valence electrons. The molecule has 1 atom stereocenters. The van der Waals surface area contributed by atoms with Crippen molar-refractivity contribution in [2.75, 3.05) is 5.32 Å². The maximum atomic E-state index is 12.2. The zero-order valence-electron chi connectivity index (χ0n) is 10.7. The highest BCUT2D eigenvalue weighted by Crippen LogP contribution is 2.18. The summed E-state index contributed by atoms with van der Waals surface area (Å²) in [5.74, 6) is -0.186. The topological polar surface area (TPSA) is 29.1 Å². The van der Waals surface area contributed by atoms with Crippen LogP contribution in [0.3, 0.4) is 0 Å². The summed E-state index contributed by atoms with van der Waals surface area (Å²) >= 11 is 0. The number of benzene rings is 1. The minimum Gasteiger partial charge on any atom is -0.325 e. The van der Waals surface area contributed by atoms with Crippen molar-refractivity contribution in [1.82, 2.24) is 0 Å². The molecular formula is C16H17NO. The van der Waals surface area contributed by atoms with Crippen LogP contribution in [0.1, 0.15) is 12.5 Å². The lowest BCUT2D eigenvalue weighted by molar-refractivity contribution is -0.117. The largest absolute Gasteiger partial charge is 0.325 e. The third-order valence-corrected chi connectivity index (χ3v) is 2.98. The molecule has 0 radical (unpaired) electrons. The van der Waals surface area contributed by atoms with Gasteiger partial charge in [-0.3, -0.25) is 4.79 Å². The van der Waals surface area contributed by atoms with E-state index in [2.05, 4.69) is 5.32 Å². The van der Waals surface area contributed by atoms with Crippen molar-refractivity contribution in [1.29, 1.82) is 0 Å². The lowest BCUT2D eigenvalue weighted by atomic mass is 9.99. The summed E-state index contributed by atoms with van der Waals surface area (Å²) in [5.41, 5.74) is 3.07. The van der Waals surface area contributed by atoms with Crippen molar-refractivity contribution in [3.05, 3.63) is 65.8 Å². The minimum atomic E-state index is -0.193. The van der Waals surface area contributed by atoms with E-state index in [1.54, 1.807) is 0 Å². The highest BCUT2D eigenvalue weighted by molar-refractivity contribution is 5.95. The molecule has 2 heteroatoms. The fourth-order valence-corrected chi connectivity index (χ4v) is 1.85. The Balaban J connectivity index is 2.10. The Morgan fingerprint density at radius 1 is 1.06 bits per heavy atom. The lowest BCUT2D eigenvalue weighted by Gasteiger charge is -2.13. The van der Waals surface area contributed by atoms with Crippen molar-refractivity contribution >= 4 is 11.6 Å². The zero-order chi connectivity index (χ0) is 13.0. The Morgan fingerprint density at radius 2 is 1.78 bits per heavy atom. The average Bonchev–Trinajstić information content (AvgIpc) is 2.57. The zero-order valence-corrected chi connectivity index (χ0v) is 10.7. The number of aryl methyl sites for hydroxylation is 1. The van der Waals surface area contributed by atoms with E-state index in [1.165, 1.54) is 5.56 Å². The van der Waals surface area contributed by atoms with Gasteiger partial charge in [-0.2, -0.15) is 0 Å². The normalized spacial score (nSPS) is 18.1. The first-order valence-electron chi connectivity index (χ1n) is 6.06. The van der Waals surface area contributed by atoms with E-state index < -0.39 is 0 Å². The third-order valence-electron chi connectivity index (χ3n) is 2.98. The van der Waals surface area contributed by atoms with Gasteiger partial charge in [-0.05, 0) is 26.0 Å². The quantitative estimate of drug-likeness (QED) is 0.839. The van der Waals surface area contributed by atoms with Crippen LogP contribution in [0.2, 0.25) is 0 Å². The predicted octanol–water partition coefficient (Wildman–Crippen LogP) is 3.62. The van der Waals surface area contributed by atoms with Gasteiger partial charge in [0, 0.05) is 5.69 Å². The molecule has 2 rings (SSSR count). The lowest BCUT2D eigenvalue weighted by Crippen LogP contribution is -2.22. The molecular weight excluding hydrogens is 222 g/mol. The summed E-state index contributed by atoms with van der Waals surface area (Å²) < 4.78 is 0. The van der Waals surface area contributed by atoms with Crippen LogP contribution in [0.25, 0.3) is 0 Å². The van der Waals surface area contributed by atoms with Crippen molar-refractivity contribution in [3.63, 3.8) is 0 Å². The van der Waals surface area contributed by atoms with Gasteiger partial charge in [0.25, 0.3) is 0 Å². The Hall–Kier alpha value is -2.09. The molecule has 1 N–H and O–H groups in total. The van der Waals surface area contributed by atoms with Crippen molar-refractivity contribution in [3.8, 4) is 0 Å². The van der Waals surface area contributed by atoms with Crippen molar-refractivity contribution in [2.45, 2.75) is 13.8 Å². The standard InChI is InChI=1S/C16H17NO/c1-12-8-10-14(11-9-12)17-16(18)15-7-5-3-4-6-13(15)2/h3-11,15H,1-2H3,(H,17,18). The van der Waals surface area contributed by atoms with Gasteiger partial charge in [-0.15, -0.1) is 0 Å². The maximum absolute atomic E-state index is 12.2. The molecule has 0 heterocycles. The molecule has 1 amide bonds. The minimum absolute atomic E-state index is 0.00699. The summed E-state index contributed by atoms with van der Waals surface area (Å²) in [7, 11) is 0. The molecule has 1 aromatic rings. The first-order chi connectivity index (χ1) is 8.66. The molecule has 0 saturated heterocycles. The molecule has 1 aromatic carbocycles. The molecule has 1 aliphatic carbocycles. The van der Waals surface area contributed by atoms with E-state index >= 15 is 0 Å². The fraction of sp³-hybridized carbons (Fsp3) is 0.188. The Bertz CT molecular complexity index is 521. The number of carbonyl (C=O) groups is 1. The summed E-state index contributed by atoms with van der Waals surface area (Å²) in [5, 5.41) is 2.94. The summed E-state index contributed by atoms with van der Waals surface area (Å²) in [6.07, 6.45) is 9.68. The monoisotopic (exact) mass is 239 g/mol. The summed E-state index contributed by atoms with van der Waals surface area (Å²) in [6, 6.07) is 7.82. The van der Waals surface area contributed by atoms with Crippen LogP contribution in [0.5, 0.6) is 0 Å². The van der Waals surface area contributed by atoms with E-state index in [-0.39, 0.29) is 11.8 Å². The smallest absolute Gasteiger partial charge is 0.235 e. The molecule has 18 heavy (non-hydrogen) atoms. The van der Waals surface area contributed by atoms with E-state index in [0.717, 1.165) is 11.3 Å². The molecule has 1 unspecified atom stereocenters. The molecule has 0 spiro atoms. The Kier molecular flexibility index (Phi) is 3.78. The van der Waals surface area contributed by atoms with E-state index in [0.29, 0.717) is 0 Å². The molecule has 0 saturated carbocycles. The van der Waals surface area contributed by atoms with E-state index in [1.807, 2.05) is 68.5 Å². The van der Waals surface area contributed by atoms with E-state index in [4.69, 9.17) is 0 Å². The van der Waals surface area contributed by atoms with Crippen LogP contribution in [-0.2, 0) is 4.79 Å². The number of hydrogen-bond donors (Lipinski definition) is 1. The van der Waals surface area contributed by atoms with Gasteiger partial charge < -0.3 is 5.32 Å². The fourth-order valence-electron chi connectivity index (χ4n) is 1.85. The van der Waals surface area contributed by atoms with Crippen LogP contribution in [0, 0.1) is 12.8 Å². The second-order valence-electron chi connectivity index (χ2n) is 4.51. The van der Waals surface area contributed by atoms with Crippen LogP contribution in [0.15, 0.2) is 60.2 Å². The van der Waals surface area contributed by atoms with Crippen LogP contribution in [0.4, 0.5) is 5.69 Å². The van der Waals surface area contributed by atoms with Gasteiger partial charge in [0.1, 0.15) is 0 Å². The second-order valence-corrected chi connectivity index (χ2v) is 4.51. The van der Waals surface area contributed by atoms with E-state index in [9.17, 15) is 4.79 Å². The van der Waals surface area contributed by atoms with Gasteiger partial charge >= 0.3 is 0 Å². The van der Waals surface area contributed by atoms with Crippen molar-refractivity contribution in [2.24, 2.45) is 5.92 Å². The summed E-state index contributed by atoms with van der Waals surface area (Å²) in [6.45, 7) is 4.00. The number of amides is 1. The molecule has 0 fully saturated rings. The number of carbonyl (C=O) groups excluding carboxylic acids is 1.